The Hall–Kier alpha value is -2.52. The van der Waals surface area contributed by atoms with Crippen LogP contribution in [0.25, 0.3) is 10.9 Å². The number of H-pyrrole nitrogens is 1. The van der Waals surface area contributed by atoms with Crippen molar-refractivity contribution in [2.45, 2.75) is 19.5 Å². The average molecular weight is 487 g/mol. The zero-order chi connectivity index (χ0) is 23.4. The van der Waals surface area contributed by atoms with Crippen molar-refractivity contribution in [3.63, 3.8) is 0 Å². The number of hydrogen-bond donors (Lipinski definition) is 1. The zero-order valence-corrected chi connectivity index (χ0v) is 20.1. The Morgan fingerprint density at radius 1 is 1.15 bits per heavy atom. The van der Waals surface area contributed by atoms with Crippen LogP contribution >= 0.6 is 23.8 Å². The normalized spacial score (nSPS) is 14.7. The first-order valence-corrected chi connectivity index (χ1v) is 11.8. The molecule has 0 spiro atoms. The molecule has 1 fully saturated rings. The number of aromatic amines is 1. The van der Waals surface area contributed by atoms with Gasteiger partial charge in [-0.3, -0.25) is 19.1 Å². The minimum absolute atomic E-state index is 0.0390. The Balaban J connectivity index is 1.44. The summed E-state index contributed by atoms with van der Waals surface area (Å²) in [5, 5.41) is 1.25. The average Bonchev–Trinajstić information content (AvgIpc) is 2.81. The molecule has 0 unspecified atom stereocenters. The molecule has 2 heterocycles. The summed E-state index contributed by atoms with van der Waals surface area (Å²) in [4.78, 5) is 33.3. The van der Waals surface area contributed by atoms with Crippen molar-refractivity contribution in [3.8, 4) is 0 Å². The molecule has 1 amide bonds. The highest BCUT2D eigenvalue weighted by atomic mass is 35.5. The fraction of sp³-hybridized carbons (Fsp3) is 0.375. The molecule has 1 saturated heterocycles. The molecule has 3 aromatic rings. The molecule has 0 atom stereocenters. The quantitative estimate of drug-likeness (QED) is 0.407. The number of hydrogen-bond acceptors (Lipinski definition) is 5. The summed E-state index contributed by atoms with van der Waals surface area (Å²) < 4.78 is 6.95. The summed E-state index contributed by atoms with van der Waals surface area (Å²) in [6.07, 6.45) is 0.694. The molecular weight excluding hydrogens is 460 g/mol. The van der Waals surface area contributed by atoms with Crippen molar-refractivity contribution in [2.75, 3.05) is 39.9 Å². The van der Waals surface area contributed by atoms with Crippen molar-refractivity contribution in [1.29, 1.82) is 0 Å². The third-order valence-electron chi connectivity index (χ3n) is 5.91. The number of aromatic nitrogens is 2. The lowest BCUT2D eigenvalue weighted by Gasteiger charge is -2.34. The van der Waals surface area contributed by atoms with Gasteiger partial charge in [0, 0.05) is 63.6 Å². The molecule has 1 aromatic heterocycles. The Kier molecular flexibility index (Phi) is 7.60. The SMILES string of the molecule is COCCCn1c(=S)[nH]c2cc(C(=O)N3CCN(Cc4cccc(Cl)c4)CC3)ccc2c1=O. The summed E-state index contributed by atoms with van der Waals surface area (Å²) in [5.41, 5.74) is 2.14. The third kappa shape index (κ3) is 5.52. The number of nitrogens with zero attached hydrogens (tertiary/aromatic N) is 3. The summed E-state index contributed by atoms with van der Waals surface area (Å²) in [5.74, 6) is -0.0390. The second kappa shape index (κ2) is 10.6. The molecule has 0 bridgehead atoms. The number of ether oxygens (including phenoxy) is 1. The van der Waals surface area contributed by atoms with E-state index in [9.17, 15) is 9.59 Å². The highest BCUT2D eigenvalue weighted by Crippen LogP contribution is 2.17. The molecule has 1 N–H and O–H groups in total. The number of carbonyl (C=O) groups is 1. The molecule has 174 valence electrons. The number of carbonyl (C=O) groups excluding carboxylic acids is 1. The number of rotatable bonds is 7. The van der Waals surface area contributed by atoms with E-state index in [2.05, 4.69) is 16.0 Å². The summed E-state index contributed by atoms with van der Waals surface area (Å²) in [7, 11) is 1.63. The molecule has 0 aliphatic carbocycles. The van der Waals surface area contributed by atoms with Crippen LogP contribution in [-0.2, 0) is 17.8 Å². The summed E-state index contributed by atoms with van der Waals surface area (Å²) >= 11 is 11.5. The van der Waals surface area contributed by atoms with Crippen LogP contribution in [0, 0.1) is 4.77 Å². The van der Waals surface area contributed by atoms with Crippen LogP contribution in [0.15, 0.2) is 47.3 Å². The highest BCUT2D eigenvalue weighted by Gasteiger charge is 2.22. The number of piperazine rings is 1. The van der Waals surface area contributed by atoms with E-state index in [0.29, 0.717) is 53.9 Å². The largest absolute Gasteiger partial charge is 0.385 e. The molecule has 0 radical (unpaired) electrons. The number of nitrogens with one attached hydrogen (secondary N) is 1. The molecular formula is C24H27ClN4O3S. The third-order valence-corrected chi connectivity index (χ3v) is 6.47. The Morgan fingerprint density at radius 3 is 2.67 bits per heavy atom. The Morgan fingerprint density at radius 2 is 1.94 bits per heavy atom. The van der Waals surface area contributed by atoms with Crippen LogP contribution in [0.3, 0.4) is 0 Å². The first-order chi connectivity index (χ1) is 16.0. The number of halogens is 1. The summed E-state index contributed by atoms with van der Waals surface area (Å²) in [6, 6.07) is 13.0. The predicted molar refractivity (Wildman–Crippen MR) is 133 cm³/mol. The molecule has 1 aliphatic heterocycles. The van der Waals surface area contributed by atoms with E-state index in [0.717, 1.165) is 24.7 Å². The van der Waals surface area contributed by atoms with E-state index in [1.54, 1.807) is 25.3 Å². The first-order valence-electron chi connectivity index (χ1n) is 11.0. The van der Waals surface area contributed by atoms with Gasteiger partial charge in [0.2, 0.25) is 0 Å². The monoisotopic (exact) mass is 486 g/mol. The number of methoxy groups -OCH3 is 1. The van der Waals surface area contributed by atoms with E-state index in [1.807, 2.05) is 23.1 Å². The summed E-state index contributed by atoms with van der Waals surface area (Å²) in [6.45, 7) is 4.73. The van der Waals surface area contributed by atoms with Gasteiger partial charge in [0.25, 0.3) is 11.5 Å². The molecule has 9 heteroatoms. The highest BCUT2D eigenvalue weighted by molar-refractivity contribution is 7.71. The van der Waals surface area contributed by atoms with Crippen LogP contribution in [0.1, 0.15) is 22.3 Å². The van der Waals surface area contributed by atoms with Gasteiger partial charge in [-0.1, -0.05) is 23.7 Å². The van der Waals surface area contributed by atoms with Crippen molar-refractivity contribution < 1.29 is 9.53 Å². The second-order valence-corrected chi connectivity index (χ2v) is 9.02. The second-order valence-electron chi connectivity index (χ2n) is 8.19. The van der Waals surface area contributed by atoms with Crippen LogP contribution in [0.2, 0.25) is 5.02 Å². The maximum Gasteiger partial charge on any atom is 0.262 e. The zero-order valence-electron chi connectivity index (χ0n) is 18.6. The van der Waals surface area contributed by atoms with Crippen LogP contribution < -0.4 is 5.56 Å². The molecule has 1 aliphatic rings. The van der Waals surface area contributed by atoms with Gasteiger partial charge in [0.1, 0.15) is 0 Å². The number of amides is 1. The van der Waals surface area contributed by atoms with Crippen LogP contribution in [0.4, 0.5) is 0 Å². The van der Waals surface area contributed by atoms with Crippen molar-refractivity contribution >= 4 is 40.6 Å². The van der Waals surface area contributed by atoms with Crippen LogP contribution in [-0.4, -0.2) is 65.2 Å². The van der Waals surface area contributed by atoms with E-state index in [1.165, 1.54) is 10.1 Å². The molecule has 33 heavy (non-hydrogen) atoms. The van der Waals surface area contributed by atoms with Gasteiger partial charge in [-0.15, -0.1) is 0 Å². The van der Waals surface area contributed by atoms with Gasteiger partial charge < -0.3 is 14.6 Å². The van der Waals surface area contributed by atoms with Gasteiger partial charge in [-0.25, -0.2) is 0 Å². The van der Waals surface area contributed by atoms with Crippen molar-refractivity contribution in [2.24, 2.45) is 0 Å². The minimum Gasteiger partial charge on any atom is -0.385 e. The molecule has 4 rings (SSSR count). The first kappa shape index (κ1) is 23.6. The number of benzene rings is 2. The Labute approximate surface area is 202 Å². The predicted octanol–water partition coefficient (Wildman–Crippen LogP) is 3.71. The maximum atomic E-state index is 13.1. The van der Waals surface area contributed by atoms with Crippen molar-refractivity contribution in [1.82, 2.24) is 19.4 Å². The maximum absolute atomic E-state index is 13.1. The van der Waals surface area contributed by atoms with Crippen molar-refractivity contribution in [3.05, 3.63) is 73.7 Å². The molecule has 0 saturated carbocycles. The fourth-order valence-electron chi connectivity index (χ4n) is 4.14. The fourth-order valence-corrected chi connectivity index (χ4v) is 4.64. The van der Waals surface area contributed by atoms with E-state index >= 15 is 0 Å². The van der Waals surface area contributed by atoms with Gasteiger partial charge in [0.05, 0.1) is 10.9 Å². The lowest BCUT2D eigenvalue weighted by atomic mass is 10.1. The van der Waals surface area contributed by atoms with Gasteiger partial charge in [0.15, 0.2) is 4.77 Å². The van der Waals surface area contributed by atoms with Gasteiger partial charge >= 0.3 is 0 Å². The smallest absolute Gasteiger partial charge is 0.262 e. The van der Waals surface area contributed by atoms with E-state index in [-0.39, 0.29) is 11.5 Å². The molecule has 7 nitrogen and oxygen atoms in total. The standard InChI is InChI=1S/C24H27ClN4O3S/c1-32-13-3-8-29-23(31)20-7-6-18(15-21(20)26-24(29)33)22(30)28-11-9-27(10-12-28)16-17-4-2-5-19(25)14-17/h2,4-7,14-15H,3,8-13,16H2,1H3,(H,26,33). The Bertz CT molecular complexity index is 1260. The van der Waals surface area contributed by atoms with Crippen LogP contribution in [0.5, 0.6) is 0 Å². The van der Waals surface area contributed by atoms with Gasteiger partial charge in [-0.2, -0.15) is 0 Å². The van der Waals surface area contributed by atoms with E-state index < -0.39 is 0 Å². The lowest BCUT2D eigenvalue weighted by Crippen LogP contribution is -2.48. The minimum atomic E-state index is -0.154. The lowest BCUT2D eigenvalue weighted by molar-refractivity contribution is 0.0628. The van der Waals surface area contributed by atoms with Gasteiger partial charge in [-0.05, 0) is 54.5 Å². The topological polar surface area (TPSA) is 70.6 Å². The number of fused-ring (bicyclic) bond motifs is 1. The molecule has 2 aromatic carbocycles. The van der Waals surface area contributed by atoms with E-state index in [4.69, 9.17) is 28.6 Å².